The number of rotatable bonds is 7. The number of furan rings is 1. The highest BCUT2D eigenvalue weighted by Crippen LogP contribution is 2.51. The summed E-state index contributed by atoms with van der Waals surface area (Å²) in [5, 5.41) is 6.63. The molecular weight excluding hydrogens is 489 g/mol. The maximum Gasteiger partial charge on any atom is 0.341 e. The Balaban J connectivity index is 0.00000280. The van der Waals surface area contributed by atoms with Gasteiger partial charge in [-0.05, 0) is 38.0 Å². The van der Waals surface area contributed by atoms with Crippen molar-refractivity contribution in [2.75, 3.05) is 20.7 Å². The Morgan fingerprint density at radius 1 is 1.29 bits per heavy atom. The van der Waals surface area contributed by atoms with Crippen molar-refractivity contribution in [1.29, 1.82) is 0 Å². The highest BCUT2D eigenvalue weighted by atomic mass is 127. The normalized spacial score (nSPS) is 14.8. The molecule has 0 bridgehead atoms. The zero-order valence-corrected chi connectivity index (χ0v) is 19.4. The van der Waals surface area contributed by atoms with Gasteiger partial charge in [-0.3, -0.25) is 4.99 Å². The van der Waals surface area contributed by atoms with Gasteiger partial charge in [-0.15, -0.1) is 35.7 Å². The van der Waals surface area contributed by atoms with Crippen LogP contribution in [0, 0.1) is 6.92 Å². The van der Waals surface area contributed by atoms with Gasteiger partial charge in [0.15, 0.2) is 5.96 Å². The Labute approximate surface area is 186 Å². The van der Waals surface area contributed by atoms with Gasteiger partial charge in [0.05, 0.1) is 13.7 Å². The van der Waals surface area contributed by atoms with E-state index in [-0.39, 0.29) is 28.7 Å². The molecule has 2 aromatic rings. The van der Waals surface area contributed by atoms with Crippen LogP contribution in [-0.2, 0) is 11.3 Å². The predicted octanol–water partition coefficient (Wildman–Crippen LogP) is 3.98. The Bertz CT molecular complexity index is 819. The monoisotopic (exact) mass is 515 g/mol. The summed E-state index contributed by atoms with van der Waals surface area (Å²) >= 11 is 1.92. The summed E-state index contributed by atoms with van der Waals surface area (Å²) < 4.78 is 10.6. The van der Waals surface area contributed by atoms with Gasteiger partial charge in [-0.1, -0.05) is 18.2 Å². The second kappa shape index (κ2) is 10.2. The van der Waals surface area contributed by atoms with Gasteiger partial charge in [0.2, 0.25) is 0 Å². The molecule has 0 radical (unpaired) electrons. The molecule has 0 aliphatic heterocycles. The molecule has 0 unspecified atom stereocenters. The largest absolute Gasteiger partial charge is 0.465 e. The van der Waals surface area contributed by atoms with Crippen LogP contribution in [0.15, 0.2) is 50.7 Å². The van der Waals surface area contributed by atoms with Crippen molar-refractivity contribution in [1.82, 2.24) is 10.6 Å². The number of nitrogens with zero attached hydrogens (tertiary/aromatic N) is 1. The lowest BCUT2D eigenvalue weighted by Gasteiger charge is -2.18. The van der Waals surface area contributed by atoms with E-state index in [1.54, 1.807) is 20.0 Å². The van der Waals surface area contributed by atoms with Crippen LogP contribution in [0.5, 0.6) is 0 Å². The van der Waals surface area contributed by atoms with Crippen LogP contribution in [0.4, 0.5) is 0 Å². The number of hydrogen-bond donors (Lipinski definition) is 2. The van der Waals surface area contributed by atoms with Crippen molar-refractivity contribution in [2.24, 2.45) is 4.99 Å². The molecule has 6 nitrogen and oxygen atoms in total. The third kappa shape index (κ3) is 5.91. The fourth-order valence-corrected chi connectivity index (χ4v) is 4.02. The molecule has 0 atom stereocenters. The van der Waals surface area contributed by atoms with Crippen LogP contribution in [-0.4, -0.2) is 37.4 Å². The second-order valence-electron chi connectivity index (χ2n) is 6.55. The van der Waals surface area contributed by atoms with Crippen LogP contribution < -0.4 is 10.6 Å². The summed E-state index contributed by atoms with van der Waals surface area (Å²) in [5.74, 6) is 1.54. The van der Waals surface area contributed by atoms with Crippen molar-refractivity contribution < 1.29 is 13.9 Å². The Hall–Kier alpha value is -1.68. The average molecular weight is 515 g/mol. The lowest BCUT2D eigenvalue weighted by Crippen LogP contribution is -2.40. The molecule has 1 aliphatic rings. The number of methoxy groups -OCH3 is 1. The van der Waals surface area contributed by atoms with Gasteiger partial charge in [-0.2, -0.15) is 0 Å². The minimum Gasteiger partial charge on any atom is -0.465 e. The molecule has 3 rings (SSSR count). The second-order valence-corrected chi connectivity index (χ2v) is 8.09. The summed E-state index contributed by atoms with van der Waals surface area (Å²) in [5.41, 5.74) is 0.452. The summed E-state index contributed by atoms with van der Waals surface area (Å²) in [7, 11) is 3.10. The number of guanidine groups is 1. The highest BCUT2D eigenvalue weighted by molar-refractivity contribution is 14.0. The van der Waals surface area contributed by atoms with Gasteiger partial charge in [0.25, 0.3) is 0 Å². The maximum absolute atomic E-state index is 11.7. The third-order valence-electron chi connectivity index (χ3n) is 4.49. The number of carbonyl (C=O) groups is 1. The zero-order chi connectivity index (χ0) is 19.3. The van der Waals surface area contributed by atoms with Gasteiger partial charge in [0, 0.05) is 23.2 Å². The fraction of sp³-hybridized carbons (Fsp3) is 0.400. The van der Waals surface area contributed by atoms with Crippen LogP contribution in [0.25, 0.3) is 0 Å². The Morgan fingerprint density at radius 2 is 2.00 bits per heavy atom. The number of halogens is 1. The van der Waals surface area contributed by atoms with Crippen LogP contribution in [0.1, 0.15) is 34.7 Å². The molecule has 0 saturated heterocycles. The van der Waals surface area contributed by atoms with Crippen molar-refractivity contribution in [3.63, 3.8) is 0 Å². The molecule has 2 N–H and O–H groups in total. The fourth-order valence-electron chi connectivity index (χ4n) is 2.77. The first kappa shape index (κ1) is 22.6. The number of carbonyl (C=O) groups excluding carboxylic acids is 1. The van der Waals surface area contributed by atoms with Crippen molar-refractivity contribution in [2.45, 2.75) is 36.0 Å². The summed E-state index contributed by atoms with van der Waals surface area (Å²) in [6, 6.07) is 12.2. The molecule has 1 aliphatic carbocycles. The first-order valence-corrected chi connectivity index (χ1v) is 9.73. The number of ether oxygens (including phenoxy) is 1. The molecule has 28 heavy (non-hydrogen) atoms. The van der Waals surface area contributed by atoms with E-state index in [2.05, 4.69) is 39.9 Å². The van der Waals surface area contributed by atoms with Crippen molar-refractivity contribution in [3.05, 3.63) is 53.5 Å². The molecule has 1 aromatic heterocycles. The Kier molecular flexibility index (Phi) is 8.23. The van der Waals surface area contributed by atoms with E-state index in [1.807, 2.05) is 17.8 Å². The topological polar surface area (TPSA) is 75.9 Å². The number of aryl methyl sites for hydroxylation is 1. The van der Waals surface area contributed by atoms with Gasteiger partial charge >= 0.3 is 5.97 Å². The molecular formula is C20H26IN3O3S. The van der Waals surface area contributed by atoms with Gasteiger partial charge in [0.1, 0.15) is 17.1 Å². The minimum absolute atomic E-state index is 0. The maximum atomic E-state index is 11.7. The SMILES string of the molecule is CN=C(NCc1cc(C(=O)OC)c(C)o1)NCC1(Sc2ccccc2)CC1.I. The van der Waals surface area contributed by atoms with E-state index in [4.69, 9.17) is 9.15 Å². The van der Waals surface area contributed by atoms with E-state index in [9.17, 15) is 4.79 Å². The number of hydrogen-bond acceptors (Lipinski definition) is 5. The number of benzene rings is 1. The molecule has 152 valence electrons. The van der Waals surface area contributed by atoms with E-state index in [1.165, 1.54) is 24.8 Å². The van der Waals surface area contributed by atoms with Crippen LogP contribution in [0.2, 0.25) is 0 Å². The van der Waals surface area contributed by atoms with Crippen molar-refractivity contribution >= 4 is 47.7 Å². The van der Waals surface area contributed by atoms with E-state index in [0.717, 1.165) is 6.54 Å². The Morgan fingerprint density at radius 3 is 2.61 bits per heavy atom. The first-order valence-electron chi connectivity index (χ1n) is 8.91. The summed E-state index contributed by atoms with van der Waals surface area (Å²) in [6.07, 6.45) is 2.38. The standard InChI is InChI=1S/C20H25N3O3S.HI/c1-14-17(18(24)25-3)11-15(26-14)12-22-19(21-2)23-13-20(9-10-20)27-16-7-5-4-6-8-16;/h4-8,11H,9-10,12-13H2,1-3H3,(H2,21,22,23);1H. The lowest BCUT2D eigenvalue weighted by molar-refractivity contribution is 0.0599. The summed E-state index contributed by atoms with van der Waals surface area (Å²) in [4.78, 5) is 17.2. The third-order valence-corrected chi connectivity index (χ3v) is 5.98. The van der Waals surface area contributed by atoms with Crippen molar-refractivity contribution in [3.8, 4) is 0 Å². The molecule has 1 saturated carbocycles. The summed E-state index contributed by atoms with van der Waals surface area (Å²) in [6.45, 7) is 3.04. The first-order chi connectivity index (χ1) is 13.0. The quantitative estimate of drug-likeness (QED) is 0.252. The van der Waals surface area contributed by atoms with Gasteiger partial charge < -0.3 is 19.8 Å². The smallest absolute Gasteiger partial charge is 0.341 e. The molecule has 0 spiro atoms. The van der Waals surface area contributed by atoms with Gasteiger partial charge in [-0.25, -0.2) is 4.79 Å². The predicted molar refractivity (Wildman–Crippen MR) is 123 cm³/mol. The average Bonchev–Trinajstić information content (AvgIpc) is 3.34. The molecule has 8 heteroatoms. The number of aliphatic imine (C=N–C) groups is 1. The van der Waals surface area contributed by atoms with E-state index >= 15 is 0 Å². The lowest BCUT2D eigenvalue weighted by atomic mass is 10.2. The number of nitrogens with one attached hydrogen (secondary N) is 2. The van der Waals surface area contributed by atoms with Crippen LogP contribution in [0.3, 0.4) is 0 Å². The molecule has 0 amide bonds. The zero-order valence-electron chi connectivity index (χ0n) is 16.3. The van der Waals surface area contributed by atoms with E-state index in [0.29, 0.717) is 29.6 Å². The minimum atomic E-state index is -0.390. The van der Waals surface area contributed by atoms with Crippen LogP contribution >= 0.6 is 35.7 Å². The number of esters is 1. The molecule has 1 heterocycles. The highest BCUT2D eigenvalue weighted by Gasteiger charge is 2.43. The van der Waals surface area contributed by atoms with E-state index < -0.39 is 5.97 Å². The molecule has 1 fully saturated rings. The molecule has 1 aromatic carbocycles. The number of thioether (sulfide) groups is 1.